The number of hydrogen-bond donors (Lipinski definition) is 2. The summed E-state index contributed by atoms with van der Waals surface area (Å²) in [6.07, 6.45) is 3.39. The number of rotatable bonds is 10. The third-order valence-electron chi connectivity index (χ3n) is 6.83. The second-order valence-corrected chi connectivity index (χ2v) is 10.1. The van der Waals surface area contributed by atoms with Crippen LogP contribution in [0, 0.1) is 11.3 Å². The Morgan fingerprint density at radius 3 is 2.59 bits per heavy atom. The van der Waals surface area contributed by atoms with Crippen LogP contribution in [0.25, 0.3) is 33.3 Å². The molecule has 2 N–H and O–H groups in total. The van der Waals surface area contributed by atoms with Crippen LogP contribution in [0.2, 0.25) is 0 Å². The molecule has 1 saturated carbocycles. The van der Waals surface area contributed by atoms with Crippen molar-refractivity contribution < 1.29 is 32.5 Å². The third-order valence-corrected chi connectivity index (χ3v) is 6.83. The number of alkyl halides is 3. The molecular formula is C28H27F3N6O4. The lowest BCUT2D eigenvalue weighted by Crippen LogP contribution is -2.31. The lowest BCUT2D eigenvalue weighted by Gasteiger charge is -2.17. The quantitative estimate of drug-likeness (QED) is 0.294. The van der Waals surface area contributed by atoms with Gasteiger partial charge in [0.05, 0.1) is 55.3 Å². The summed E-state index contributed by atoms with van der Waals surface area (Å²) < 4.78 is 54.2. The summed E-state index contributed by atoms with van der Waals surface area (Å²) in [5.41, 5.74) is 1.00. The number of nitriles is 1. The van der Waals surface area contributed by atoms with Gasteiger partial charge in [0.15, 0.2) is 0 Å². The predicted octanol–water partition coefficient (Wildman–Crippen LogP) is 4.20. The van der Waals surface area contributed by atoms with Crippen LogP contribution in [0.1, 0.15) is 35.7 Å². The summed E-state index contributed by atoms with van der Waals surface area (Å²) in [6.45, 7) is -1.57. The van der Waals surface area contributed by atoms with E-state index in [-0.39, 0.29) is 23.4 Å². The molecule has 0 unspecified atom stereocenters. The zero-order valence-corrected chi connectivity index (χ0v) is 22.5. The average Bonchev–Trinajstić information content (AvgIpc) is 3.31. The Kier molecular flexibility index (Phi) is 7.35. The second-order valence-electron chi connectivity index (χ2n) is 10.1. The molecule has 2 aromatic heterocycles. The van der Waals surface area contributed by atoms with Crippen molar-refractivity contribution in [3.8, 4) is 40.0 Å². The fourth-order valence-corrected chi connectivity index (χ4v) is 4.74. The minimum absolute atomic E-state index is 0.0747. The van der Waals surface area contributed by atoms with Gasteiger partial charge in [-0.25, -0.2) is 4.39 Å². The van der Waals surface area contributed by atoms with E-state index < -0.39 is 30.0 Å². The molecule has 13 heteroatoms. The number of methoxy groups -OCH3 is 1. The first-order valence-corrected chi connectivity index (χ1v) is 12.8. The van der Waals surface area contributed by atoms with E-state index in [2.05, 4.69) is 21.6 Å². The van der Waals surface area contributed by atoms with Crippen LogP contribution in [0.5, 0.6) is 11.5 Å². The number of halogens is 3. The first-order chi connectivity index (χ1) is 19.5. The summed E-state index contributed by atoms with van der Waals surface area (Å²) in [5, 5.41) is 31.4. The van der Waals surface area contributed by atoms with Crippen LogP contribution in [-0.4, -0.2) is 62.6 Å². The SMILES string of the molecule is COc1cc(-c2c3c(C#N)cc(-c4cnn(C[C@H](C)O)c4)cc3nn2C)cc(OC(F)F)c1C(=O)NCC1(F)CC1. The molecule has 0 radical (unpaired) electrons. The molecule has 1 amide bonds. The number of amides is 1. The molecule has 1 aliphatic carbocycles. The Morgan fingerprint density at radius 1 is 1.22 bits per heavy atom. The first kappa shape index (κ1) is 28.0. The average molecular weight is 569 g/mol. The first-order valence-electron chi connectivity index (χ1n) is 12.8. The van der Waals surface area contributed by atoms with Crippen LogP contribution in [0.3, 0.4) is 0 Å². The van der Waals surface area contributed by atoms with Gasteiger partial charge in [0.2, 0.25) is 0 Å². The third kappa shape index (κ3) is 5.69. The van der Waals surface area contributed by atoms with E-state index in [1.54, 1.807) is 43.2 Å². The van der Waals surface area contributed by atoms with Gasteiger partial charge in [-0.1, -0.05) is 0 Å². The van der Waals surface area contributed by atoms with Gasteiger partial charge < -0.3 is 19.9 Å². The highest BCUT2D eigenvalue weighted by atomic mass is 19.3. The van der Waals surface area contributed by atoms with Gasteiger partial charge in [0.25, 0.3) is 5.91 Å². The maximum Gasteiger partial charge on any atom is 0.387 e. The van der Waals surface area contributed by atoms with E-state index in [1.807, 2.05) is 0 Å². The molecule has 2 heterocycles. The van der Waals surface area contributed by atoms with Crippen LogP contribution >= 0.6 is 0 Å². The monoisotopic (exact) mass is 568 g/mol. The number of hydrogen-bond acceptors (Lipinski definition) is 7. The molecule has 214 valence electrons. The minimum Gasteiger partial charge on any atom is -0.496 e. The number of ether oxygens (including phenoxy) is 2. The molecule has 5 rings (SSSR count). The van der Waals surface area contributed by atoms with Crippen molar-refractivity contribution >= 4 is 16.8 Å². The molecule has 4 aromatic rings. The summed E-state index contributed by atoms with van der Waals surface area (Å²) in [4.78, 5) is 12.9. The number of carbonyl (C=O) groups excluding carboxylic acids is 1. The van der Waals surface area contributed by atoms with Gasteiger partial charge in [-0.15, -0.1) is 0 Å². The van der Waals surface area contributed by atoms with Crippen LogP contribution < -0.4 is 14.8 Å². The standard InChI is InChI=1S/C28H27F3N6O4/c1-15(38)12-37-13-19(11-34-37)16-6-18(10-32)23-20(7-16)35-36(2)25(23)17-8-21(40-3)24(22(9-17)41-27(29)30)26(39)33-14-28(31)4-5-28/h6-9,11,13,15,27,38H,4-5,12,14H2,1-3H3,(H,33,39)/t15-/m0/s1. The maximum atomic E-state index is 14.1. The molecule has 1 atom stereocenters. The van der Waals surface area contributed by atoms with Crippen LogP contribution in [-0.2, 0) is 13.6 Å². The van der Waals surface area contributed by atoms with Gasteiger partial charge in [-0.2, -0.15) is 24.2 Å². The molecule has 41 heavy (non-hydrogen) atoms. The number of benzene rings is 2. The summed E-state index contributed by atoms with van der Waals surface area (Å²) in [7, 11) is 2.90. The van der Waals surface area contributed by atoms with E-state index in [0.29, 0.717) is 52.7 Å². The van der Waals surface area contributed by atoms with Crippen molar-refractivity contribution in [2.24, 2.45) is 7.05 Å². The number of aromatic nitrogens is 4. The number of nitrogens with one attached hydrogen (secondary N) is 1. The highest BCUT2D eigenvalue weighted by molar-refractivity contribution is 6.03. The summed E-state index contributed by atoms with van der Waals surface area (Å²) >= 11 is 0. The normalized spacial score (nSPS) is 14.6. The Morgan fingerprint density at radius 2 is 1.95 bits per heavy atom. The van der Waals surface area contributed by atoms with Crippen LogP contribution in [0.15, 0.2) is 36.7 Å². The minimum atomic E-state index is -3.26. The van der Waals surface area contributed by atoms with Gasteiger partial charge in [-0.05, 0) is 49.6 Å². The fourth-order valence-electron chi connectivity index (χ4n) is 4.74. The number of fused-ring (bicyclic) bond motifs is 1. The number of aliphatic hydroxyl groups excluding tert-OH is 1. The Balaban J connectivity index is 1.61. The Hall–Kier alpha value is -4.57. The number of aliphatic hydroxyl groups is 1. The lowest BCUT2D eigenvalue weighted by atomic mass is 9.97. The van der Waals surface area contributed by atoms with E-state index in [9.17, 15) is 28.3 Å². The van der Waals surface area contributed by atoms with Crippen molar-refractivity contribution in [1.82, 2.24) is 24.9 Å². The van der Waals surface area contributed by atoms with Crippen molar-refractivity contribution in [1.29, 1.82) is 5.26 Å². The lowest BCUT2D eigenvalue weighted by molar-refractivity contribution is -0.0502. The van der Waals surface area contributed by atoms with E-state index >= 15 is 0 Å². The van der Waals surface area contributed by atoms with Gasteiger partial charge in [0, 0.05) is 29.8 Å². The molecule has 0 aliphatic heterocycles. The van der Waals surface area contributed by atoms with E-state index in [1.165, 1.54) is 23.9 Å². The van der Waals surface area contributed by atoms with Crippen molar-refractivity contribution in [2.75, 3.05) is 13.7 Å². The highest BCUT2D eigenvalue weighted by Gasteiger charge is 2.43. The fraction of sp³-hybridized carbons (Fsp3) is 0.357. The summed E-state index contributed by atoms with van der Waals surface area (Å²) in [6, 6.07) is 8.32. The Bertz CT molecular complexity index is 1670. The molecule has 1 aliphatic rings. The van der Waals surface area contributed by atoms with Gasteiger partial charge in [-0.3, -0.25) is 14.2 Å². The zero-order valence-electron chi connectivity index (χ0n) is 22.5. The molecule has 10 nitrogen and oxygen atoms in total. The largest absolute Gasteiger partial charge is 0.496 e. The number of nitrogens with zero attached hydrogens (tertiary/aromatic N) is 5. The van der Waals surface area contributed by atoms with Crippen molar-refractivity contribution in [2.45, 2.75) is 44.7 Å². The van der Waals surface area contributed by atoms with Gasteiger partial charge in [0.1, 0.15) is 22.7 Å². The van der Waals surface area contributed by atoms with Crippen molar-refractivity contribution in [3.63, 3.8) is 0 Å². The maximum absolute atomic E-state index is 14.1. The number of aryl methyl sites for hydroxylation is 1. The van der Waals surface area contributed by atoms with Crippen LogP contribution in [0.4, 0.5) is 13.2 Å². The second kappa shape index (κ2) is 10.8. The number of carbonyl (C=O) groups is 1. The predicted molar refractivity (Wildman–Crippen MR) is 142 cm³/mol. The molecular weight excluding hydrogens is 541 g/mol. The zero-order chi connectivity index (χ0) is 29.5. The molecule has 0 spiro atoms. The molecule has 0 saturated heterocycles. The highest BCUT2D eigenvalue weighted by Crippen LogP contribution is 2.41. The van der Waals surface area contributed by atoms with E-state index in [0.717, 1.165) is 0 Å². The van der Waals surface area contributed by atoms with E-state index in [4.69, 9.17) is 9.47 Å². The van der Waals surface area contributed by atoms with Gasteiger partial charge >= 0.3 is 6.61 Å². The summed E-state index contributed by atoms with van der Waals surface area (Å²) in [5.74, 6) is -1.36. The molecule has 1 fully saturated rings. The Labute approximate surface area is 232 Å². The molecule has 0 bridgehead atoms. The smallest absolute Gasteiger partial charge is 0.387 e. The topological polar surface area (TPSA) is 127 Å². The molecule has 2 aromatic carbocycles. The van der Waals surface area contributed by atoms with Crippen molar-refractivity contribution in [3.05, 3.63) is 47.8 Å².